The molecule has 0 amide bonds. The SMILES string of the molecule is COc1c(C)cc(F)cc1C1(C(=O)O)CC1. The summed E-state index contributed by atoms with van der Waals surface area (Å²) in [6.07, 6.45) is 1.09. The molecule has 0 aromatic heterocycles. The normalized spacial score (nSPS) is 16.9. The molecular weight excluding hydrogens is 211 g/mol. The number of hydrogen-bond donors (Lipinski definition) is 1. The largest absolute Gasteiger partial charge is 0.496 e. The Balaban J connectivity index is 2.60. The highest BCUT2D eigenvalue weighted by atomic mass is 19.1. The van der Waals surface area contributed by atoms with Crippen LogP contribution in [0.5, 0.6) is 5.75 Å². The third-order valence-electron chi connectivity index (χ3n) is 3.12. The second-order valence-electron chi connectivity index (χ2n) is 4.19. The fourth-order valence-electron chi connectivity index (χ4n) is 2.08. The van der Waals surface area contributed by atoms with Crippen molar-refractivity contribution in [1.29, 1.82) is 0 Å². The average Bonchev–Trinajstić information content (AvgIpc) is 2.97. The quantitative estimate of drug-likeness (QED) is 0.856. The van der Waals surface area contributed by atoms with Crippen LogP contribution in [0.4, 0.5) is 4.39 Å². The molecule has 0 heterocycles. The number of carbonyl (C=O) groups is 1. The molecule has 1 saturated carbocycles. The lowest BCUT2D eigenvalue weighted by Gasteiger charge is -2.16. The lowest BCUT2D eigenvalue weighted by Crippen LogP contribution is -2.21. The minimum atomic E-state index is -0.932. The summed E-state index contributed by atoms with van der Waals surface area (Å²) in [5.74, 6) is -0.835. The summed E-state index contributed by atoms with van der Waals surface area (Å²) in [4.78, 5) is 11.2. The van der Waals surface area contributed by atoms with Crippen LogP contribution in [-0.2, 0) is 10.2 Å². The molecule has 0 saturated heterocycles. The predicted molar refractivity (Wildman–Crippen MR) is 56.2 cm³/mol. The Bertz CT molecular complexity index is 450. The van der Waals surface area contributed by atoms with Crippen LogP contribution in [-0.4, -0.2) is 18.2 Å². The summed E-state index contributed by atoms with van der Waals surface area (Å²) in [6, 6.07) is 2.62. The van der Waals surface area contributed by atoms with Crippen molar-refractivity contribution in [2.45, 2.75) is 25.2 Å². The number of carboxylic acid groups (broad SMARTS) is 1. The first kappa shape index (κ1) is 10.9. The van der Waals surface area contributed by atoms with Gasteiger partial charge in [0.25, 0.3) is 0 Å². The maximum Gasteiger partial charge on any atom is 0.314 e. The van der Waals surface area contributed by atoms with Gasteiger partial charge in [0.1, 0.15) is 11.6 Å². The molecule has 0 spiro atoms. The first-order chi connectivity index (χ1) is 7.51. The Hall–Kier alpha value is -1.58. The Kier molecular flexibility index (Phi) is 2.37. The first-order valence-electron chi connectivity index (χ1n) is 5.09. The maximum absolute atomic E-state index is 13.3. The zero-order chi connectivity index (χ0) is 11.9. The molecule has 1 aromatic rings. The number of carboxylic acids is 1. The van der Waals surface area contributed by atoms with Crippen LogP contribution in [0.2, 0.25) is 0 Å². The number of methoxy groups -OCH3 is 1. The molecule has 0 aliphatic heterocycles. The third kappa shape index (κ3) is 1.45. The van der Waals surface area contributed by atoms with E-state index in [4.69, 9.17) is 4.74 Å². The van der Waals surface area contributed by atoms with Gasteiger partial charge in [-0.15, -0.1) is 0 Å². The van der Waals surface area contributed by atoms with Crippen molar-refractivity contribution in [3.63, 3.8) is 0 Å². The molecule has 0 unspecified atom stereocenters. The highest BCUT2D eigenvalue weighted by Crippen LogP contribution is 2.52. The lowest BCUT2D eigenvalue weighted by molar-refractivity contribution is -0.140. The molecule has 0 atom stereocenters. The van der Waals surface area contributed by atoms with E-state index in [0.717, 1.165) is 0 Å². The van der Waals surface area contributed by atoms with Gasteiger partial charge in [-0.05, 0) is 37.5 Å². The molecule has 1 fully saturated rings. The lowest BCUT2D eigenvalue weighted by atomic mass is 9.93. The molecule has 1 aliphatic carbocycles. The molecule has 2 rings (SSSR count). The second kappa shape index (κ2) is 3.47. The van der Waals surface area contributed by atoms with Crippen LogP contribution >= 0.6 is 0 Å². The summed E-state index contributed by atoms with van der Waals surface area (Å²) < 4.78 is 18.5. The summed E-state index contributed by atoms with van der Waals surface area (Å²) in [5, 5.41) is 9.18. The van der Waals surface area contributed by atoms with Crippen molar-refractivity contribution in [3.8, 4) is 5.75 Å². The molecule has 4 heteroatoms. The number of rotatable bonds is 3. The topological polar surface area (TPSA) is 46.5 Å². The highest BCUT2D eigenvalue weighted by Gasteiger charge is 2.53. The number of hydrogen-bond acceptors (Lipinski definition) is 2. The zero-order valence-electron chi connectivity index (χ0n) is 9.21. The summed E-state index contributed by atoms with van der Waals surface area (Å²) in [6.45, 7) is 1.71. The van der Waals surface area contributed by atoms with Crippen LogP contribution < -0.4 is 4.74 Å². The number of ether oxygens (including phenoxy) is 1. The Morgan fingerprint density at radius 3 is 2.56 bits per heavy atom. The van der Waals surface area contributed by atoms with Crippen molar-refractivity contribution in [2.75, 3.05) is 7.11 Å². The van der Waals surface area contributed by atoms with Crippen molar-refractivity contribution >= 4 is 5.97 Å². The monoisotopic (exact) mass is 224 g/mol. The van der Waals surface area contributed by atoms with Crippen molar-refractivity contribution < 1.29 is 19.0 Å². The van der Waals surface area contributed by atoms with E-state index < -0.39 is 17.2 Å². The van der Waals surface area contributed by atoms with Crippen molar-refractivity contribution in [2.24, 2.45) is 0 Å². The van der Waals surface area contributed by atoms with Crippen molar-refractivity contribution in [1.82, 2.24) is 0 Å². The molecule has 1 N–H and O–H groups in total. The first-order valence-corrected chi connectivity index (χ1v) is 5.09. The van der Waals surface area contributed by atoms with E-state index in [2.05, 4.69) is 0 Å². The molecule has 3 nitrogen and oxygen atoms in total. The minimum absolute atomic E-state index is 0.416. The minimum Gasteiger partial charge on any atom is -0.496 e. The fraction of sp³-hybridized carbons (Fsp3) is 0.417. The van der Waals surface area contributed by atoms with Gasteiger partial charge in [0, 0.05) is 5.56 Å². The zero-order valence-corrected chi connectivity index (χ0v) is 9.21. The van der Waals surface area contributed by atoms with E-state index in [0.29, 0.717) is 29.7 Å². The van der Waals surface area contributed by atoms with Gasteiger partial charge in [-0.2, -0.15) is 0 Å². The van der Waals surface area contributed by atoms with Gasteiger partial charge in [0.15, 0.2) is 0 Å². The number of aryl methyl sites for hydroxylation is 1. The summed E-state index contributed by atoms with van der Waals surface area (Å²) >= 11 is 0. The molecule has 86 valence electrons. The van der Waals surface area contributed by atoms with Crippen LogP contribution in [0.15, 0.2) is 12.1 Å². The Labute approximate surface area is 92.9 Å². The Morgan fingerprint density at radius 2 is 2.12 bits per heavy atom. The van der Waals surface area contributed by atoms with Gasteiger partial charge in [-0.1, -0.05) is 0 Å². The highest BCUT2D eigenvalue weighted by molar-refractivity contribution is 5.86. The van der Waals surface area contributed by atoms with Crippen molar-refractivity contribution in [3.05, 3.63) is 29.1 Å². The van der Waals surface area contributed by atoms with Gasteiger partial charge in [-0.25, -0.2) is 4.39 Å². The van der Waals surface area contributed by atoms with E-state index in [1.165, 1.54) is 19.2 Å². The standard InChI is InChI=1S/C12H13FO3/c1-7-5-8(13)6-9(10(7)16-2)12(3-4-12)11(14)15/h5-6H,3-4H2,1-2H3,(H,14,15). The molecule has 0 bridgehead atoms. The van der Waals surface area contributed by atoms with Crippen LogP contribution in [0.25, 0.3) is 0 Å². The number of aliphatic carboxylic acids is 1. The van der Waals surface area contributed by atoms with Crippen LogP contribution in [0.3, 0.4) is 0 Å². The predicted octanol–water partition coefficient (Wildman–Crippen LogP) is 2.26. The van der Waals surface area contributed by atoms with Crippen LogP contribution in [0.1, 0.15) is 24.0 Å². The average molecular weight is 224 g/mol. The molecule has 1 aliphatic rings. The molecular formula is C12H13FO3. The summed E-state index contributed by atoms with van der Waals surface area (Å²) in [7, 11) is 1.47. The maximum atomic E-state index is 13.3. The van der Waals surface area contributed by atoms with Gasteiger partial charge in [0.05, 0.1) is 12.5 Å². The number of halogens is 1. The Morgan fingerprint density at radius 1 is 1.50 bits per heavy atom. The molecule has 16 heavy (non-hydrogen) atoms. The third-order valence-corrected chi connectivity index (χ3v) is 3.12. The van der Waals surface area contributed by atoms with E-state index in [9.17, 15) is 14.3 Å². The fourth-order valence-corrected chi connectivity index (χ4v) is 2.08. The second-order valence-corrected chi connectivity index (χ2v) is 4.19. The summed E-state index contributed by atoms with van der Waals surface area (Å²) in [5.41, 5.74) is 0.156. The molecule has 0 radical (unpaired) electrons. The smallest absolute Gasteiger partial charge is 0.314 e. The number of benzene rings is 1. The van der Waals surface area contributed by atoms with Gasteiger partial charge >= 0.3 is 5.97 Å². The van der Waals surface area contributed by atoms with Gasteiger partial charge < -0.3 is 9.84 Å². The van der Waals surface area contributed by atoms with Crippen LogP contribution in [0, 0.1) is 12.7 Å². The van der Waals surface area contributed by atoms with E-state index in [1.807, 2.05) is 0 Å². The van der Waals surface area contributed by atoms with Gasteiger partial charge in [0.2, 0.25) is 0 Å². The van der Waals surface area contributed by atoms with E-state index >= 15 is 0 Å². The van der Waals surface area contributed by atoms with Gasteiger partial charge in [-0.3, -0.25) is 4.79 Å². The van der Waals surface area contributed by atoms with E-state index in [1.54, 1.807) is 6.92 Å². The van der Waals surface area contributed by atoms with E-state index in [-0.39, 0.29) is 0 Å². The molecule has 1 aromatic carbocycles.